The molecule has 0 spiro atoms. The molecule has 0 aliphatic rings. The van der Waals surface area contributed by atoms with E-state index in [9.17, 15) is 9.36 Å². The third kappa shape index (κ3) is 4.19. The van der Waals surface area contributed by atoms with Gasteiger partial charge in [-0.25, -0.2) is 0 Å². The minimum absolute atomic E-state index is 0.214. The molecule has 0 aliphatic carbocycles. The molecule has 0 aromatic carbocycles. The summed E-state index contributed by atoms with van der Waals surface area (Å²) in [5.41, 5.74) is 0. The SMILES string of the molecule is CCOP(=O)(OCC)C(C(C)=O)=S(C)C. The van der Waals surface area contributed by atoms with Gasteiger partial charge in [-0.1, -0.05) is 0 Å². The first-order valence-corrected chi connectivity index (χ1v) is 8.32. The van der Waals surface area contributed by atoms with Gasteiger partial charge < -0.3 is 9.05 Å². The summed E-state index contributed by atoms with van der Waals surface area (Å²) in [6.45, 7) is 5.39. The molecule has 0 aromatic heterocycles. The zero-order chi connectivity index (χ0) is 12.1. The van der Waals surface area contributed by atoms with Crippen molar-refractivity contribution >= 4 is 28.5 Å². The quantitative estimate of drug-likeness (QED) is 0.540. The van der Waals surface area contributed by atoms with Gasteiger partial charge in [-0.3, -0.25) is 9.36 Å². The molecule has 0 atom stereocenters. The van der Waals surface area contributed by atoms with Crippen LogP contribution in [-0.4, -0.2) is 36.1 Å². The number of ketones is 1. The fourth-order valence-electron chi connectivity index (χ4n) is 1.20. The predicted molar refractivity (Wildman–Crippen MR) is 66.0 cm³/mol. The largest absolute Gasteiger partial charge is 0.370 e. The maximum atomic E-state index is 12.3. The van der Waals surface area contributed by atoms with E-state index in [2.05, 4.69) is 0 Å². The van der Waals surface area contributed by atoms with E-state index in [-0.39, 0.29) is 23.6 Å². The number of carbonyl (C=O) groups is 1. The fraction of sp³-hybridized carbons (Fsp3) is 0.778. The van der Waals surface area contributed by atoms with Crippen LogP contribution in [0.5, 0.6) is 0 Å². The van der Waals surface area contributed by atoms with Crippen LogP contribution >= 0.6 is 18.1 Å². The van der Waals surface area contributed by atoms with Crippen LogP contribution in [0.2, 0.25) is 0 Å². The molecule has 0 aromatic rings. The molecule has 0 saturated carbocycles. The zero-order valence-corrected chi connectivity index (χ0v) is 11.6. The van der Waals surface area contributed by atoms with Crippen molar-refractivity contribution in [2.24, 2.45) is 0 Å². The molecule has 0 unspecified atom stereocenters. The molecule has 6 heteroatoms. The van der Waals surface area contributed by atoms with Crippen LogP contribution in [0.1, 0.15) is 20.8 Å². The summed E-state index contributed by atoms with van der Waals surface area (Å²) in [5.74, 6) is -0.214. The Hall–Kier alpha value is 0.0400. The van der Waals surface area contributed by atoms with Crippen molar-refractivity contribution in [2.45, 2.75) is 20.8 Å². The second kappa shape index (κ2) is 6.59. The van der Waals surface area contributed by atoms with Crippen molar-refractivity contribution in [3.8, 4) is 0 Å². The lowest BCUT2D eigenvalue weighted by Crippen LogP contribution is -2.15. The molecule has 0 aliphatic heterocycles. The lowest BCUT2D eigenvalue weighted by molar-refractivity contribution is -0.110. The molecule has 0 amide bonds. The maximum Gasteiger partial charge on any atom is 0.370 e. The van der Waals surface area contributed by atoms with Crippen LogP contribution in [-0.2, 0) is 18.4 Å². The Morgan fingerprint density at radius 2 is 1.60 bits per heavy atom. The number of hydrogen-bond acceptors (Lipinski definition) is 4. The van der Waals surface area contributed by atoms with Crippen LogP contribution in [0.25, 0.3) is 0 Å². The summed E-state index contributed by atoms with van der Waals surface area (Å²) in [7, 11) is -3.76. The van der Waals surface area contributed by atoms with E-state index in [1.807, 2.05) is 12.5 Å². The third-order valence-electron chi connectivity index (χ3n) is 1.53. The zero-order valence-electron chi connectivity index (χ0n) is 9.90. The minimum Gasteiger partial charge on any atom is -0.305 e. The molecular formula is C9H19O4PS. The third-order valence-corrected chi connectivity index (χ3v) is 6.37. The van der Waals surface area contributed by atoms with Gasteiger partial charge >= 0.3 is 7.60 Å². The van der Waals surface area contributed by atoms with E-state index >= 15 is 0 Å². The summed E-state index contributed by atoms with van der Waals surface area (Å²) in [5, 5.41) is 0. The maximum absolute atomic E-state index is 12.3. The average molecular weight is 254 g/mol. The standard InChI is InChI=1S/C9H19O4PS/c1-6-12-14(11,13-7-2)9(8(3)10)15(4)5/h6-7H2,1-5H3. The molecular weight excluding hydrogens is 235 g/mol. The molecule has 0 saturated heterocycles. The van der Waals surface area contributed by atoms with Crippen LogP contribution < -0.4 is 0 Å². The molecule has 0 heterocycles. The van der Waals surface area contributed by atoms with Crippen LogP contribution in [0.15, 0.2) is 0 Å². The first-order valence-electron chi connectivity index (χ1n) is 4.74. The van der Waals surface area contributed by atoms with Crippen molar-refractivity contribution in [3.63, 3.8) is 0 Å². The highest BCUT2D eigenvalue weighted by Crippen LogP contribution is 2.52. The molecule has 90 valence electrons. The van der Waals surface area contributed by atoms with E-state index in [1.54, 1.807) is 13.8 Å². The Bertz CT molecular complexity index is 297. The van der Waals surface area contributed by atoms with E-state index in [0.717, 1.165) is 0 Å². The smallest absolute Gasteiger partial charge is 0.305 e. The van der Waals surface area contributed by atoms with Crippen molar-refractivity contribution in [1.29, 1.82) is 0 Å². The highest BCUT2D eigenvalue weighted by Gasteiger charge is 2.33. The summed E-state index contributed by atoms with van der Waals surface area (Å²) >= 11 is 0. The average Bonchev–Trinajstić information content (AvgIpc) is 2.02. The van der Waals surface area contributed by atoms with Crippen LogP contribution in [0.3, 0.4) is 0 Å². The Kier molecular flexibility index (Phi) is 6.60. The topological polar surface area (TPSA) is 52.6 Å². The van der Waals surface area contributed by atoms with Gasteiger partial charge in [0.15, 0.2) is 5.78 Å². The van der Waals surface area contributed by atoms with Gasteiger partial charge in [0.25, 0.3) is 0 Å². The second-order valence-corrected chi connectivity index (χ2v) is 7.31. The molecule has 0 rings (SSSR count). The van der Waals surface area contributed by atoms with Gasteiger partial charge in [-0.15, -0.1) is 0 Å². The Balaban J connectivity index is 5.31. The second-order valence-electron chi connectivity index (χ2n) is 3.01. The normalized spacial score (nSPS) is 11.9. The molecule has 4 nitrogen and oxygen atoms in total. The van der Waals surface area contributed by atoms with Crippen molar-refractivity contribution in [2.75, 3.05) is 25.7 Å². The van der Waals surface area contributed by atoms with E-state index in [4.69, 9.17) is 9.05 Å². The molecule has 15 heavy (non-hydrogen) atoms. The van der Waals surface area contributed by atoms with Gasteiger partial charge in [0.2, 0.25) is 0 Å². The van der Waals surface area contributed by atoms with Gasteiger partial charge in [-0.2, -0.15) is 10.5 Å². The first-order chi connectivity index (χ1) is 6.89. The number of carbonyl (C=O) groups excluding carboxylic acids is 1. The summed E-state index contributed by atoms with van der Waals surface area (Å²) in [6, 6.07) is 0. The predicted octanol–water partition coefficient (Wildman–Crippen LogP) is 2.50. The van der Waals surface area contributed by atoms with Crippen molar-refractivity contribution in [3.05, 3.63) is 0 Å². The monoisotopic (exact) mass is 254 g/mol. The van der Waals surface area contributed by atoms with Crippen LogP contribution in [0.4, 0.5) is 0 Å². The lowest BCUT2D eigenvalue weighted by atomic mass is 10.5. The molecule has 0 bridgehead atoms. The summed E-state index contributed by atoms with van der Waals surface area (Å²) < 4.78 is 22.9. The van der Waals surface area contributed by atoms with Crippen molar-refractivity contribution in [1.82, 2.24) is 0 Å². The number of hydrogen-bond donors (Lipinski definition) is 0. The Morgan fingerprint density at radius 1 is 1.20 bits per heavy atom. The first kappa shape index (κ1) is 15.0. The minimum atomic E-state index is -3.36. The van der Waals surface area contributed by atoms with Crippen molar-refractivity contribution < 1.29 is 18.4 Å². The van der Waals surface area contributed by atoms with E-state index < -0.39 is 18.1 Å². The summed E-state index contributed by atoms with van der Waals surface area (Å²) in [4.78, 5) is 11.4. The highest BCUT2D eigenvalue weighted by atomic mass is 32.2. The van der Waals surface area contributed by atoms with Gasteiger partial charge in [0, 0.05) is 0 Å². The number of rotatable bonds is 6. The highest BCUT2D eigenvalue weighted by molar-refractivity contribution is 8.23. The van der Waals surface area contributed by atoms with Gasteiger partial charge in [0.1, 0.15) is 4.61 Å². The van der Waals surface area contributed by atoms with E-state index in [1.165, 1.54) is 6.92 Å². The van der Waals surface area contributed by atoms with Gasteiger partial charge in [-0.05, 0) is 33.3 Å². The van der Waals surface area contributed by atoms with Gasteiger partial charge in [0.05, 0.1) is 13.2 Å². The Labute approximate surface area is 93.8 Å². The molecule has 0 N–H and O–H groups in total. The molecule has 0 radical (unpaired) electrons. The van der Waals surface area contributed by atoms with E-state index in [0.29, 0.717) is 0 Å². The summed E-state index contributed by atoms with van der Waals surface area (Å²) in [6.07, 6.45) is 3.67. The molecule has 0 fully saturated rings. The number of Topliss-reactive ketones (excluding diaryl/α,β-unsaturated/α-hetero) is 1. The Morgan fingerprint density at radius 3 is 1.80 bits per heavy atom. The van der Waals surface area contributed by atoms with Crippen LogP contribution in [0, 0.1) is 0 Å². The fourth-order valence-corrected chi connectivity index (χ4v) is 5.25. The lowest BCUT2D eigenvalue weighted by Gasteiger charge is -2.19.